The second kappa shape index (κ2) is 5.97. The predicted molar refractivity (Wildman–Crippen MR) is 88.5 cm³/mol. The highest BCUT2D eigenvalue weighted by molar-refractivity contribution is 9.10. The number of aromatic nitrogens is 3. The third-order valence-electron chi connectivity index (χ3n) is 4.23. The van der Waals surface area contributed by atoms with E-state index < -0.39 is 0 Å². The van der Waals surface area contributed by atoms with E-state index in [9.17, 15) is 5.26 Å². The van der Waals surface area contributed by atoms with Crippen LogP contribution in [0.2, 0.25) is 0 Å². The van der Waals surface area contributed by atoms with Gasteiger partial charge >= 0.3 is 0 Å². The molecule has 3 rings (SSSR count). The molecule has 1 fully saturated rings. The Labute approximate surface area is 137 Å². The van der Waals surface area contributed by atoms with Crippen LogP contribution in [0.25, 0.3) is 0 Å². The molecule has 6 nitrogen and oxygen atoms in total. The average Bonchev–Trinajstić information content (AvgIpc) is 2.87. The van der Waals surface area contributed by atoms with Crippen LogP contribution >= 0.6 is 15.9 Å². The maximum absolute atomic E-state index is 9.31. The lowest BCUT2D eigenvalue weighted by Gasteiger charge is -2.34. The second-order valence-corrected chi connectivity index (χ2v) is 6.34. The van der Waals surface area contributed by atoms with Crippen molar-refractivity contribution >= 4 is 27.6 Å². The van der Waals surface area contributed by atoms with Gasteiger partial charge in [0, 0.05) is 30.5 Å². The Morgan fingerprint density at radius 3 is 2.64 bits per heavy atom. The molecule has 1 aliphatic heterocycles. The molecule has 0 saturated carbocycles. The van der Waals surface area contributed by atoms with Gasteiger partial charge in [0.25, 0.3) is 0 Å². The molecule has 0 amide bonds. The van der Waals surface area contributed by atoms with Crippen molar-refractivity contribution in [2.75, 3.05) is 23.7 Å². The smallest absolute Gasteiger partial charge is 0.221 e. The third kappa shape index (κ3) is 2.55. The van der Waals surface area contributed by atoms with Crippen LogP contribution in [0, 0.1) is 11.3 Å². The molecular formula is C15H17BrN6. The fraction of sp³-hybridized carbons (Fsp3) is 0.400. The highest BCUT2D eigenvalue weighted by atomic mass is 79.9. The van der Waals surface area contributed by atoms with E-state index in [2.05, 4.69) is 37.1 Å². The van der Waals surface area contributed by atoms with Crippen molar-refractivity contribution in [1.29, 1.82) is 5.26 Å². The summed E-state index contributed by atoms with van der Waals surface area (Å²) in [6.45, 7) is 1.77. The molecule has 0 aliphatic carbocycles. The molecule has 2 aromatic rings. The number of halogens is 1. The molecule has 2 N–H and O–H groups in total. The van der Waals surface area contributed by atoms with Crippen LogP contribution in [0.5, 0.6) is 0 Å². The van der Waals surface area contributed by atoms with Crippen molar-refractivity contribution in [2.24, 2.45) is 7.05 Å². The number of rotatable bonds is 2. The number of nitrogen functional groups attached to an aromatic ring is 1. The van der Waals surface area contributed by atoms with Crippen molar-refractivity contribution in [2.45, 2.75) is 18.8 Å². The van der Waals surface area contributed by atoms with Crippen LogP contribution < -0.4 is 10.6 Å². The number of hydrogen-bond acceptors (Lipinski definition) is 5. The van der Waals surface area contributed by atoms with E-state index in [0.717, 1.165) is 41.9 Å². The van der Waals surface area contributed by atoms with Crippen LogP contribution in [0.15, 0.2) is 22.7 Å². The van der Waals surface area contributed by atoms with E-state index in [1.165, 1.54) is 0 Å². The number of benzene rings is 1. The molecule has 0 atom stereocenters. The number of para-hydroxylation sites is 1. The predicted octanol–water partition coefficient (Wildman–Crippen LogP) is 2.42. The molecule has 0 radical (unpaired) electrons. The summed E-state index contributed by atoms with van der Waals surface area (Å²) >= 11 is 3.56. The number of nitrogens with zero attached hydrogens (tertiary/aromatic N) is 5. The van der Waals surface area contributed by atoms with E-state index in [0.29, 0.717) is 17.4 Å². The van der Waals surface area contributed by atoms with E-state index >= 15 is 0 Å². The Morgan fingerprint density at radius 2 is 2.05 bits per heavy atom. The number of piperidine rings is 1. The largest absolute Gasteiger partial charge is 0.370 e. The Hall–Kier alpha value is -2.07. The van der Waals surface area contributed by atoms with Crippen LogP contribution in [-0.2, 0) is 7.05 Å². The molecule has 22 heavy (non-hydrogen) atoms. The van der Waals surface area contributed by atoms with Crippen molar-refractivity contribution in [3.63, 3.8) is 0 Å². The molecule has 0 unspecified atom stereocenters. The molecule has 1 aliphatic rings. The molecule has 2 heterocycles. The first-order valence-corrected chi connectivity index (χ1v) is 7.99. The van der Waals surface area contributed by atoms with Crippen molar-refractivity contribution in [3.8, 4) is 6.07 Å². The molecular weight excluding hydrogens is 344 g/mol. The van der Waals surface area contributed by atoms with Crippen LogP contribution in [0.4, 0.5) is 11.6 Å². The highest BCUT2D eigenvalue weighted by Gasteiger charge is 2.26. The summed E-state index contributed by atoms with van der Waals surface area (Å²) in [4.78, 5) is 2.26. The maximum Gasteiger partial charge on any atom is 0.221 e. The normalized spacial score (nSPS) is 15.8. The first kappa shape index (κ1) is 14.9. The van der Waals surface area contributed by atoms with Gasteiger partial charge in [0.2, 0.25) is 5.95 Å². The molecule has 7 heteroatoms. The number of nitriles is 1. The van der Waals surface area contributed by atoms with E-state index in [1.54, 1.807) is 0 Å². The van der Waals surface area contributed by atoms with E-state index in [4.69, 9.17) is 5.73 Å². The average molecular weight is 361 g/mol. The Kier molecular flexibility index (Phi) is 4.03. The lowest BCUT2D eigenvalue weighted by atomic mass is 9.95. The summed E-state index contributed by atoms with van der Waals surface area (Å²) in [6, 6.07) is 8.00. The van der Waals surface area contributed by atoms with Crippen molar-refractivity contribution < 1.29 is 0 Å². The Bertz CT molecular complexity index is 724. The highest BCUT2D eigenvalue weighted by Crippen LogP contribution is 2.35. The molecule has 114 valence electrons. The third-order valence-corrected chi connectivity index (χ3v) is 4.87. The molecule has 0 bridgehead atoms. The maximum atomic E-state index is 9.31. The van der Waals surface area contributed by atoms with Crippen LogP contribution in [0.1, 0.15) is 30.1 Å². The van der Waals surface area contributed by atoms with E-state index in [-0.39, 0.29) is 0 Å². The van der Waals surface area contributed by atoms with Crippen LogP contribution in [-0.4, -0.2) is 27.9 Å². The second-order valence-electron chi connectivity index (χ2n) is 5.48. The fourth-order valence-electron chi connectivity index (χ4n) is 3.00. The first-order chi connectivity index (χ1) is 10.6. The quantitative estimate of drug-likeness (QED) is 0.888. The van der Waals surface area contributed by atoms with Crippen LogP contribution in [0.3, 0.4) is 0 Å². The molecule has 0 spiro atoms. The number of anilines is 2. The van der Waals surface area contributed by atoms with Gasteiger partial charge in [-0.1, -0.05) is 6.07 Å². The van der Waals surface area contributed by atoms with Gasteiger partial charge in [-0.05, 0) is 40.9 Å². The molecule has 1 aromatic heterocycles. The van der Waals surface area contributed by atoms with Gasteiger partial charge in [-0.3, -0.25) is 0 Å². The van der Waals surface area contributed by atoms with Gasteiger partial charge < -0.3 is 15.2 Å². The summed E-state index contributed by atoms with van der Waals surface area (Å²) in [5.74, 6) is 1.76. The number of nitrogens with two attached hydrogens (primary N) is 1. The SMILES string of the molecule is Cn1c(N)nnc1C1CCN(c2c(Br)cccc2C#N)CC1. The van der Waals surface area contributed by atoms with Gasteiger partial charge in [-0.25, -0.2) is 0 Å². The minimum absolute atomic E-state index is 0.360. The Morgan fingerprint density at radius 1 is 1.32 bits per heavy atom. The van der Waals surface area contributed by atoms with Crippen molar-refractivity contribution in [3.05, 3.63) is 34.1 Å². The Balaban J connectivity index is 1.78. The lowest BCUT2D eigenvalue weighted by molar-refractivity contribution is 0.474. The molecule has 1 aromatic carbocycles. The summed E-state index contributed by atoms with van der Waals surface area (Å²) in [5, 5.41) is 17.4. The number of hydrogen-bond donors (Lipinski definition) is 1. The topological polar surface area (TPSA) is 83.8 Å². The lowest BCUT2D eigenvalue weighted by Crippen LogP contribution is -2.34. The molecule has 1 saturated heterocycles. The minimum atomic E-state index is 0.360. The zero-order chi connectivity index (χ0) is 15.7. The van der Waals surface area contributed by atoms with Gasteiger partial charge in [-0.15, -0.1) is 10.2 Å². The minimum Gasteiger partial charge on any atom is -0.370 e. The monoisotopic (exact) mass is 360 g/mol. The summed E-state index contributed by atoms with van der Waals surface area (Å²) < 4.78 is 2.83. The van der Waals surface area contributed by atoms with E-state index in [1.807, 2.05) is 29.8 Å². The van der Waals surface area contributed by atoms with Gasteiger partial charge in [-0.2, -0.15) is 5.26 Å². The van der Waals surface area contributed by atoms with Crippen molar-refractivity contribution in [1.82, 2.24) is 14.8 Å². The fourth-order valence-corrected chi connectivity index (χ4v) is 3.61. The van der Waals surface area contributed by atoms with Gasteiger partial charge in [0.15, 0.2) is 0 Å². The summed E-state index contributed by atoms with van der Waals surface area (Å²) in [7, 11) is 1.90. The summed E-state index contributed by atoms with van der Waals surface area (Å²) in [6.07, 6.45) is 1.94. The zero-order valence-electron chi connectivity index (χ0n) is 12.3. The van der Waals surface area contributed by atoms with Gasteiger partial charge in [0.1, 0.15) is 11.9 Å². The first-order valence-electron chi connectivity index (χ1n) is 7.20. The summed E-state index contributed by atoms with van der Waals surface area (Å²) in [5.41, 5.74) is 7.45. The van der Waals surface area contributed by atoms with Gasteiger partial charge in [0.05, 0.1) is 11.3 Å². The standard InChI is InChI=1S/C15H17BrN6/c1-21-14(19-20-15(21)18)10-5-7-22(8-6-10)13-11(9-17)3-2-4-12(13)16/h2-4,10H,5-8H2,1H3,(H2,18,20). The zero-order valence-corrected chi connectivity index (χ0v) is 13.9.